The molecule has 1 amide bonds. The van der Waals surface area contributed by atoms with E-state index in [0.29, 0.717) is 11.1 Å². The van der Waals surface area contributed by atoms with Gasteiger partial charge >= 0.3 is 0 Å². The summed E-state index contributed by atoms with van der Waals surface area (Å²) in [6.45, 7) is 1.92. The van der Waals surface area contributed by atoms with Crippen molar-refractivity contribution >= 4 is 21.8 Å². The van der Waals surface area contributed by atoms with Crippen LogP contribution >= 0.6 is 15.9 Å². The summed E-state index contributed by atoms with van der Waals surface area (Å²) in [6, 6.07) is 16.3. The Kier molecular flexibility index (Phi) is 4.54. The van der Waals surface area contributed by atoms with Crippen molar-refractivity contribution < 1.29 is 4.79 Å². The van der Waals surface area contributed by atoms with Gasteiger partial charge in [0.1, 0.15) is 0 Å². The van der Waals surface area contributed by atoms with Crippen LogP contribution in [0.15, 0.2) is 53.0 Å². The molecule has 0 heterocycles. The van der Waals surface area contributed by atoms with Gasteiger partial charge in [-0.15, -0.1) is 0 Å². The van der Waals surface area contributed by atoms with Gasteiger partial charge in [-0.3, -0.25) is 4.79 Å². The molecule has 4 heteroatoms. The molecule has 0 saturated carbocycles. The molecular formula is C16H13BrN2O. The van der Waals surface area contributed by atoms with E-state index in [1.54, 1.807) is 24.3 Å². The third-order valence-electron chi connectivity index (χ3n) is 2.97. The fourth-order valence-electron chi connectivity index (χ4n) is 1.91. The Hall–Kier alpha value is -2.12. The first-order valence-electron chi connectivity index (χ1n) is 6.17. The van der Waals surface area contributed by atoms with Crippen LogP contribution in [0, 0.1) is 11.3 Å². The zero-order valence-electron chi connectivity index (χ0n) is 10.9. The van der Waals surface area contributed by atoms with Crippen molar-refractivity contribution in [1.82, 2.24) is 5.32 Å². The molecule has 0 saturated heterocycles. The summed E-state index contributed by atoms with van der Waals surface area (Å²) in [4.78, 5) is 12.2. The number of hydrogen-bond acceptors (Lipinski definition) is 2. The zero-order chi connectivity index (χ0) is 14.5. The minimum Gasteiger partial charge on any atom is -0.345 e. The number of benzene rings is 2. The van der Waals surface area contributed by atoms with Crippen LogP contribution in [-0.2, 0) is 0 Å². The normalized spacial score (nSPS) is 11.4. The summed E-state index contributed by atoms with van der Waals surface area (Å²) in [5.41, 5.74) is 1.98. The predicted octanol–water partition coefficient (Wildman–Crippen LogP) is 3.81. The standard InChI is InChI=1S/C16H13BrN2O/c1-11(14-7-2-3-8-15(14)17)19-16(20)13-6-4-5-12(9-13)10-18/h2-9,11H,1H3,(H,19,20). The number of hydrogen-bond donors (Lipinski definition) is 1. The van der Waals surface area contributed by atoms with E-state index in [-0.39, 0.29) is 11.9 Å². The van der Waals surface area contributed by atoms with Crippen LogP contribution in [0.3, 0.4) is 0 Å². The van der Waals surface area contributed by atoms with Gasteiger partial charge in [0.05, 0.1) is 17.7 Å². The van der Waals surface area contributed by atoms with Gasteiger partial charge in [0, 0.05) is 10.0 Å². The SMILES string of the molecule is CC(NC(=O)c1cccc(C#N)c1)c1ccccc1Br. The monoisotopic (exact) mass is 328 g/mol. The molecule has 0 fully saturated rings. The van der Waals surface area contributed by atoms with Crippen LogP contribution < -0.4 is 5.32 Å². The fourth-order valence-corrected chi connectivity index (χ4v) is 2.54. The van der Waals surface area contributed by atoms with E-state index in [9.17, 15) is 4.79 Å². The summed E-state index contributed by atoms with van der Waals surface area (Å²) in [5.74, 6) is -0.189. The van der Waals surface area contributed by atoms with Crippen LogP contribution in [0.4, 0.5) is 0 Å². The molecule has 3 nitrogen and oxygen atoms in total. The average molecular weight is 329 g/mol. The summed E-state index contributed by atoms with van der Waals surface area (Å²) < 4.78 is 0.957. The minimum absolute atomic E-state index is 0.121. The lowest BCUT2D eigenvalue weighted by atomic mass is 10.1. The third kappa shape index (κ3) is 3.25. The Balaban J connectivity index is 2.15. The molecule has 0 radical (unpaired) electrons. The number of rotatable bonds is 3. The van der Waals surface area contributed by atoms with Crippen LogP contribution in [0.1, 0.15) is 34.5 Å². The molecule has 2 aromatic rings. The van der Waals surface area contributed by atoms with Gasteiger partial charge in [-0.25, -0.2) is 0 Å². The Bertz CT molecular complexity index is 676. The van der Waals surface area contributed by atoms with Crippen molar-refractivity contribution in [2.24, 2.45) is 0 Å². The maximum Gasteiger partial charge on any atom is 0.251 e. The molecule has 0 aliphatic carbocycles. The summed E-state index contributed by atoms with van der Waals surface area (Å²) >= 11 is 3.47. The number of amides is 1. The van der Waals surface area contributed by atoms with E-state index in [1.807, 2.05) is 37.3 Å². The number of carbonyl (C=O) groups is 1. The first-order chi connectivity index (χ1) is 9.61. The van der Waals surface area contributed by atoms with E-state index in [0.717, 1.165) is 10.0 Å². The van der Waals surface area contributed by atoms with Crippen molar-refractivity contribution in [3.63, 3.8) is 0 Å². The van der Waals surface area contributed by atoms with Gasteiger partial charge in [0.25, 0.3) is 5.91 Å². The highest BCUT2D eigenvalue weighted by Gasteiger charge is 2.13. The fraction of sp³-hybridized carbons (Fsp3) is 0.125. The number of halogens is 1. The van der Waals surface area contributed by atoms with Crippen molar-refractivity contribution in [2.75, 3.05) is 0 Å². The van der Waals surface area contributed by atoms with E-state index < -0.39 is 0 Å². The smallest absolute Gasteiger partial charge is 0.251 e. The number of nitrogens with one attached hydrogen (secondary N) is 1. The van der Waals surface area contributed by atoms with Gasteiger partial charge in [-0.05, 0) is 36.8 Å². The lowest BCUT2D eigenvalue weighted by molar-refractivity contribution is 0.0939. The largest absolute Gasteiger partial charge is 0.345 e. The van der Waals surface area contributed by atoms with Crippen LogP contribution in [0.25, 0.3) is 0 Å². The van der Waals surface area contributed by atoms with Crippen LogP contribution in [0.5, 0.6) is 0 Å². The molecule has 20 heavy (non-hydrogen) atoms. The molecule has 0 bridgehead atoms. The van der Waals surface area contributed by atoms with E-state index in [4.69, 9.17) is 5.26 Å². The van der Waals surface area contributed by atoms with E-state index in [1.165, 1.54) is 0 Å². The van der Waals surface area contributed by atoms with Gasteiger partial charge in [-0.1, -0.05) is 40.2 Å². The summed E-state index contributed by atoms with van der Waals surface area (Å²) in [7, 11) is 0. The molecule has 0 spiro atoms. The van der Waals surface area contributed by atoms with Gasteiger partial charge in [0.15, 0.2) is 0 Å². The maximum absolute atomic E-state index is 12.2. The third-order valence-corrected chi connectivity index (χ3v) is 3.70. The van der Waals surface area contributed by atoms with Crippen molar-refractivity contribution in [3.05, 3.63) is 69.7 Å². The van der Waals surface area contributed by atoms with Gasteiger partial charge < -0.3 is 5.32 Å². The number of nitrogens with zero attached hydrogens (tertiary/aromatic N) is 1. The molecule has 0 aromatic heterocycles. The van der Waals surface area contributed by atoms with E-state index in [2.05, 4.69) is 21.2 Å². The minimum atomic E-state index is -0.189. The Morgan fingerprint density at radius 3 is 2.70 bits per heavy atom. The topological polar surface area (TPSA) is 52.9 Å². The molecule has 1 unspecified atom stereocenters. The van der Waals surface area contributed by atoms with Gasteiger partial charge in [0.2, 0.25) is 0 Å². The van der Waals surface area contributed by atoms with Crippen molar-refractivity contribution in [2.45, 2.75) is 13.0 Å². The van der Waals surface area contributed by atoms with E-state index >= 15 is 0 Å². The van der Waals surface area contributed by atoms with Crippen LogP contribution in [-0.4, -0.2) is 5.91 Å². The molecule has 1 atom stereocenters. The molecule has 0 aliphatic heterocycles. The molecule has 2 rings (SSSR count). The Morgan fingerprint density at radius 2 is 2.00 bits per heavy atom. The second-order valence-corrected chi connectivity index (χ2v) is 5.26. The Labute approximate surface area is 126 Å². The highest BCUT2D eigenvalue weighted by molar-refractivity contribution is 9.10. The second kappa shape index (κ2) is 6.36. The highest BCUT2D eigenvalue weighted by Crippen LogP contribution is 2.23. The number of carbonyl (C=O) groups excluding carboxylic acids is 1. The second-order valence-electron chi connectivity index (χ2n) is 4.41. The average Bonchev–Trinajstić information content (AvgIpc) is 2.47. The van der Waals surface area contributed by atoms with Gasteiger partial charge in [-0.2, -0.15) is 5.26 Å². The van der Waals surface area contributed by atoms with Crippen molar-refractivity contribution in [1.29, 1.82) is 5.26 Å². The predicted molar refractivity (Wildman–Crippen MR) is 81.2 cm³/mol. The lowest BCUT2D eigenvalue weighted by Gasteiger charge is -2.16. The molecule has 2 aromatic carbocycles. The van der Waals surface area contributed by atoms with Crippen molar-refractivity contribution in [3.8, 4) is 6.07 Å². The zero-order valence-corrected chi connectivity index (χ0v) is 12.5. The van der Waals surface area contributed by atoms with Crippen LogP contribution in [0.2, 0.25) is 0 Å². The molecular weight excluding hydrogens is 316 g/mol. The number of nitriles is 1. The first kappa shape index (κ1) is 14.3. The molecule has 100 valence electrons. The quantitative estimate of drug-likeness (QED) is 0.931. The Morgan fingerprint density at radius 1 is 1.25 bits per heavy atom. The maximum atomic E-state index is 12.2. The molecule has 0 aliphatic rings. The first-order valence-corrected chi connectivity index (χ1v) is 6.96. The highest BCUT2D eigenvalue weighted by atomic mass is 79.9. The summed E-state index contributed by atoms with van der Waals surface area (Å²) in [5, 5.41) is 11.8. The molecule has 1 N–H and O–H groups in total. The summed E-state index contributed by atoms with van der Waals surface area (Å²) in [6.07, 6.45) is 0. The lowest BCUT2D eigenvalue weighted by Crippen LogP contribution is -2.26.